The average molecular weight is 169 g/mol. The molecule has 0 atom stereocenters. The third kappa shape index (κ3) is 1.50. The van der Waals surface area contributed by atoms with Crippen LogP contribution in [-0.4, -0.2) is 25.8 Å². The number of hydrogen-bond acceptors (Lipinski definition) is 2. The fourth-order valence-corrected chi connectivity index (χ4v) is 2.63. The molecule has 0 bridgehead atoms. The Balaban J connectivity index is 1.77. The normalized spacial score (nSPS) is 28.8. The Morgan fingerprint density at radius 1 is 1.33 bits per heavy atom. The quantitative estimate of drug-likeness (QED) is 0.677. The number of hydrogen-bond donors (Lipinski definition) is 1. The number of ether oxygens (including phenoxy) is 1. The van der Waals surface area contributed by atoms with Crippen molar-refractivity contribution in [2.45, 2.75) is 38.7 Å². The van der Waals surface area contributed by atoms with Crippen LogP contribution in [-0.2, 0) is 4.74 Å². The van der Waals surface area contributed by atoms with Crippen molar-refractivity contribution in [2.24, 2.45) is 5.41 Å². The number of rotatable bonds is 2. The topological polar surface area (TPSA) is 21.3 Å². The first-order chi connectivity index (χ1) is 5.85. The molecule has 0 aromatic rings. The van der Waals surface area contributed by atoms with Gasteiger partial charge in [0.1, 0.15) is 0 Å². The fraction of sp³-hybridized carbons (Fsp3) is 1.00. The van der Waals surface area contributed by atoms with Gasteiger partial charge in [0.2, 0.25) is 0 Å². The van der Waals surface area contributed by atoms with E-state index in [1.54, 1.807) is 0 Å². The van der Waals surface area contributed by atoms with Crippen LogP contribution < -0.4 is 5.32 Å². The van der Waals surface area contributed by atoms with Gasteiger partial charge in [0.05, 0.1) is 6.10 Å². The van der Waals surface area contributed by atoms with E-state index in [1.807, 2.05) is 0 Å². The maximum absolute atomic E-state index is 5.58. The molecule has 0 unspecified atom stereocenters. The predicted octanol–water partition coefficient (Wildman–Crippen LogP) is 1.56. The van der Waals surface area contributed by atoms with E-state index in [4.69, 9.17) is 4.74 Å². The highest BCUT2D eigenvalue weighted by Crippen LogP contribution is 2.48. The second-order valence-corrected chi connectivity index (χ2v) is 4.24. The molecule has 1 spiro atoms. The molecule has 2 rings (SSSR count). The van der Waals surface area contributed by atoms with Crippen LogP contribution in [0.2, 0.25) is 0 Å². The molecular formula is C10H19NO. The van der Waals surface area contributed by atoms with Crippen LogP contribution in [0.3, 0.4) is 0 Å². The standard InChI is InChI=1S/C10H19NO/c1-2-12-9-7-10(8-9)3-5-11-6-4-10/h9,11H,2-8H2,1H3. The zero-order valence-corrected chi connectivity index (χ0v) is 7.94. The summed E-state index contributed by atoms with van der Waals surface area (Å²) in [5.41, 5.74) is 0.686. The SMILES string of the molecule is CCOC1CC2(CCNCC2)C1. The van der Waals surface area contributed by atoms with Crippen LogP contribution in [0.5, 0.6) is 0 Å². The van der Waals surface area contributed by atoms with Gasteiger partial charge in [-0.2, -0.15) is 0 Å². The first kappa shape index (κ1) is 8.52. The van der Waals surface area contributed by atoms with Crippen molar-refractivity contribution >= 4 is 0 Å². The first-order valence-electron chi connectivity index (χ1n) is 5.17. The second-order valence-electron chi connectivity index (χ2n) is 4.24. The van der Waals surface area contributed by atoms with Gasteiger partial charge in [0.15, 0.2) is 0 Å². The molecule has 70 valence electrons. The Hall–Kier alpha value is -0.0800. The van der Waals surface area contributed by atoms with Crippen molar-refractivity contribution in [3.05, 3.63) is 0 Å². The number of nitrogens with one attached hydrogen (secondary N) is 1. The Kier molecular flexibility index (Phi) is 2.37. The molecule has 1 heterocycles. The Morgan fingerprint density at radius 3 is 2.58 bits per heavy atom. The van der Waals surface area contributed by atoms with Crippen LogP contribution in [0, 0.1) is 5.41 Å². The van der Waals surface area contributed by atoms with Gasteiger partial charge in [0, 0.05) is 6.61 Å². The van der Waals surface area contributed by atoms with Crippen molar-refractivity contribution < 1.29 is 4.74 Å². The largest absolute Gasteiger partial charge is 0.378 e. The highest BCUT2D eigenvalue weighted by atomic mass is 16.5. The van der Waals surface area contributed by atoms with Crippen LogP contribution in [0.15, 0.2) is 0 Å². The molecule has 0 amide bonds. The summed E-state index contributed by atoms with van der Waals surface area (Å²) >= 11 is 0. The van der Waals surface area contributed by atoms with Gasteiger partial charge in [-0.05, 0) is 51.1 Å². The van der Waals surface area contributed by atoms with Crippen LogP contribution in [0.4, 0.5) is 0 Å². The molecule has 12 heavy (non-hydrogen) atoms. The van der Waals surface area contributed by atoms with Crippen LogP contribution in [0.1, 0.15) is 32.6 Å². The molecule has 0 aromatic carbocycles. The fourth-order valence-electron chi connectivity index (χ4n) is 2.63. The molecule has 2 aliphatic rings. The minimum absolute atomic E-state index is 0.591. The van der Waals surface area contributed by atoms with E-state index >= 15 is 0 Å². The highest BCUT2D eigenvalue weighted by molar-refractivity contribution is 4.97. The van der Waals surface area contributed by atoms with E-state index < -0.39 is 0 Å². The van der Waals surface area contributed by atoms with Gasteiger partial charge in [-0.3, -0.25) is 0 Å². The first-order valence-corrected chi connectivity index (χ1v) is 5.17. The minimum Gasteiger partial charge on any atom is -0.378 e. The Labute approximate surface area is 74.7 Å². The van der Waals surface area contributed by atoms with Gasteiger partial charge >= 0.3 is 0 Å². The summed E-state index contributed by atoms with van der Waals surface area (Å²) in [7, 11) is 0. The Bertz CT molecular complexity index is 144. The molecule has 1 N–H and O–H groups in total. The minimum atomic E-state index is 0.591. The summed E-state index contributed by atoms with van der Waals surface area (Å²) in [5.74, 6) is 0. The van der Waals surface area contributed by atoms with Crippen LogP contribution in [0.25, 0.3) is 0 Å². The van der Waals surface area contributed by atoms with Gasteiger partial charge in [-0.1, -0.05) is 0 Å². The van der Waals surface area contributed by atoms with Crippen molar-refractivity contribution in [3.8, 4) is 0 Å². The maximum Gasteiger partial charge on any atom is 0.0585 e. The molecule has 1 aliphatic heterocycles. The van der Waals surface area contributed by atoms with E-state index in [0.29, 0.717) is 11.5 Å². The molecule has 0 radical (unpaired) electrons. The molecule has 2 heteroatoms. The van der Waals surface area contributed by atoms with Crippen molar-refractivity contribution in [2.75, 3.05) is 19.7 Å². The summed E-state index contributed by atoms with van der Waals surface area (Å²) in [6.07, 6.45) is 5.98. The predicted molar refractivity (Wildman–Crippen MR) is 49.2 cm³/mol. The summed E-state index contributed by atoms with van der Waals surface area (Å²) in [6.45, 7) is 5.42. The average Bonchev–Trinajstić information content (AvgIpc) is 2.04. The van der Waals surface area contributed by atoms with E-state index in [1.165, 1.54) is 38.8 Å². The van der Waals surface area contributed by atoms with E-state index in [0.717, 1.165) is 6.61 Å². The summed E-state index contributed by atoms with van der Waals surface area (Å²) in [6, 6.07) is 0. The molecule has 1 aliphatic carbocycles. The summed E-state index contributed by atoms with van der Waals surface area (Å²) in [4.78, 5) is 0. The van der Waals surface area contributed by atoms with Crippen molar-refractivity contribution in [1.82, 2.24) is 5.32 Å². The van der Waals surface area contributed by atoms with Gasteiger partial charge in [0.25, 0.3) is 0 Å². The third-order valence-corrected chi connectivity index (χ3v) is 3.39. The molecule has 0 aromatic heterocycles. The lowest BCUT2D eigenvalue weighted by atomic mass is 9.62. The monoisotopic (exact) mass is 169 g/mol. The second kappa shape index (κ2) is 3.35. The van der Waals surface area contributed by atoms with Gasteiger partial charge in [-0.15, -0.1) is 0 Å². The molecule has 2 fully saturated rings. The molecule has 1 saturated carbocycles. The molecule has 1 saturated heterocycles. The van der Waals surface area contributed by atoms with Crippen molar-refractivity contribution in [1.29, 1.82) is 0 Å². The van der Waals surface area contributed by atoms with Gasteiger partial charge in [-0.25, -0.2) is 0 Å². The van der Waals surface area contributed by atoms with Gasteiger partial charge < -0.3 is 10.1 Å². The smallest absolute Gasteiger partial charge is 0.0585 e. The molecule has 2 nitrogen and oxygen atoms in total. The van der Waals surface area contributed by atoms with E-state index in [9.17, 15) is 0 Å². The van der Waals surface area contributed by atoms with Crippen LogP contribution >= 0.6 is 0 Å². The lowest BCUT2D eigenvalue weighted by Gasteiger charge is -2.50. The van der Waals surface area contributed by atoms with E-state index in [-0.39, 0.29) is 0 Å². The zero-order valence-electron chi connectivity index (χ0n) is 7.94. The maximum atomic E-state index is 5.58. The number of piperidine rings is 1. The Morgan fingerprint density at radius 2 is 2.00 bits per heavy atom. The lowest BCUT2D eigenvalue weighted by molar-refractivity contribution is -0.0892. The zero-order chi connectivity index (χ0) is 8.44. The highest BCUT2D eigenvalue weighted by Gasteiger charge is 2.44. The third-order valence-electron chi connectivity index (χ3n) is 3.39. The lowest BCUT2D eigenvalue weighted by Crippen LogP contribution is -2.48. The summed E-state index contributed by atoms with van der Waals surface area (Å²) in [5, 5.41) is 3.41. The van der Waals surface area contributed by atoms with E-state index in [2.05, 4.69) is 12.2 Å². The molecular weight excluding hydrogens is 150 g/mol. The van der Waals surface area contributed by atoms with Crippen molar-refractivity contribution in [3.63, 3.8) is 0 Å². The summed E-state index contributed by atoms with van der Waals surface area (Å²) < 4.78 is 5.58.